The maximum absolute atomic E-state index is 6.19. The highest BCUT2D eigenvalue weighted by atomic mass is 16.5. The summed E-state index contributed by atoms with van der Waals surface area (Å²) in [6, 6.07) is 0.0256. The Labute approximate surface area is 103 Å². The van der Waals surface area contributed by atoms with Crippen molar-refractivity contribution < 1.29 is 4.74 Å². The highest BCUT2D eigenvalue weighted by molar-refractivity contribution is 5.10. The SMILES string of the molecule is Cn1cc(C(N)CN2CCOC(C)(C)C2)cn1. The summed E-state index contributed by atoms with van der Waals surface area (Å²) in [7, 11) is 1.91. The van der Waals surface area contributed by atoms with Crippen molar-refractivity contribution in [2.24, 2.45) is 12.8 Å². The Morgan fingerprint density at radius 2 is 2.35 bits per heavy atom. The zero-order valence-electron chi connectivity index (χ0n) is 10.9. The van der Waals surface area contributed by atoms with Crippen LogP contribution in [0.2, 0.25) is 0 Å². The second-order valence-electron chi connectivity index (χ2n) is 5.40. The van der Waals surface area contributed by atoms with Crippen LogP contribution < -0.4 is 5.73 Å². The van der Waals surface area contributed by atoms with Gasteiger partial charge in [0.05, 0.1) is 18.4 Å². The van der Waals surface area contributed by atoms with Gasteiger partial charge in [-0.1, -0.05) is 0 Å². The van der Waals surface area contributed by atoms with Gasteiger partial charge in [-0.3, -0.25) is 9.58 Å². The van der Waals surface area contributed by atoms with E-state index in [1.165, 1.54) is 0 Å². The average Bonchev–Trinajstić information content (AvgIpc) is 2.63. The molecule has 1 saturated heterocycles. The molecule has 5 nitrogen and oxygen atoms in total. The molecule has 0 amide bonds. The second kappa shape index (κ2) is 4.76. The van der Waals surface area contributed by atoms with Gasteiger partial charge in [-0.25, -0.2) is 0 Å². The molecule has 0 radical (unpaired) electrons. The van der Waals surface area contributed by atoms with Crippen molar-refractivity contribution in [3.05, 3.63) is 18.0 Å². The monoisotopic (exact) mass is 238 g/mol. The van der Waals surface area contributed by atoms with E-state index in [1.807, 2.05) is 19.4 Å². The first kappa shape index (κ1) is 12.5. The first-order chi connectivity index (χ1) is 7.96. The van der Waals surface area contributed by atoms with Crippen LogP contribution in [0.5, 0.6) is 0 Å². The molecule has 1 aliphatic rings. The van der Waals surface area contributed by atoms with E-state index in [0.29, 0.717) is 0 Å². The number of hydrogen-bond donors (Lipinski definition) is 1. The topological polar surface area (TPSA) is 56.3 Å². The molecular weight excluding hydrogens is 216 g/mol. The number of ether oxygens (including phenoxy) is 1. The van der Waals surface area contributed by atoms with Gasteiger partial charge in [0, 0.05) is 44.5 Å². The minimum atomic E-state index is -0.0626. The van der Waals surface area contributed by atoms with Crippen molar-refractivity contribution in [3.8, 4) is 0 Å². The first-order valence-electron chi connectivity index (χ1n) is 6.07. The quantitative estimate of drug-likeness (QED) is 0.834. The van der Waals surface area contributed by atoms with E-state index in [-0.39, 0.29) is 11.6 Å². The van der Waals surface area contributed by atoms with Crippen LogP contribution in [0.4, 0.5) is 0 Å². The average molecular weight is 238 g/mol. The summed E-state index contributed by atoms with van der Waals surface area (Å²) in [6.45, 7) is 7.77. The van der Waals surface area contributed by atoms with E-state index < -0.39 is 0 Å². The van der Waals surface area contributed by atoms with Gasteiger partial charge in [-0.2, -0.15) is 5.10 Å². The third kappa shape index (κ3) is 3.28. The van der Waals surface area contributed by atoms with Crippen LogP contribution in [-0.2, 0) is 11.8 Å². The Bertz CT molecular complexity index is 374. The maximum Gasteiger partial charge on any atom is 0.0753 e. The van der Waals surface area contributed by atoms with Crippen molar-refractivity contribution in [3.63, 3.8) is 0 Å². The fourth-order valence-corrected chi connectivity index (χ4v) is 2.29. The number of nitrogens with zero attached hydrogens (tertiary/aromatic N) is 3. The van der Waals surface area contributed by atoms with Crippen LogP contribution in [0, 0.1) is 0 Å². The lowest BCUT2D eigenvalue weighted by Crippen LogP contribution is -2.50. The first-order valence-corrected chi connectivity index (χ1v) is 6.07. The highest BCUT2D eigenvalue weighted by Crippen LogP contribution is 2.19. The molecule has 2 rings (SSSR count). The second-order valence-corrected chi connectivity index (χ2v) is 5.40. The lowest BCUT2D eigenvalue weighted by atomic mass is 10.1. The third-order valence-electron chi connectivity index (χ3n) is 3.11. The van der Waals surface area contributed by atoms with Gasteiger partial charge >= 0.3 is 0 Å². The van der Waals surface area contributed by atoms with Crippen molar-refractivity contribution in [1.29, 1.82) is 0 Å². The van der Waals surface area contributed by atoms with E-state index in [2.05, 4.69) is 23.8 Å². The Kier molecular flexibility index (Phi) is 3.51. The molecule has 0 saturated carbocycles. The number of hydrogen-bond acceptors (Lipinski definition) is 4. The standard InChI is InChI=1S/C12H22N4O/c1-12(2)9-16(4-5-17-12)8-11(13)10-6-14-15(3)7-10/h6-7,11H,4-5,8-9,13H2,1-3H3. The predicted octanol–water partition coefficient (Wildman–Crippen LogP) is 0.531. The fourth-order valence-electron chi connectivity index (χ4n) is 2.29. The van der Waals surface area contributed by atoms with Gasteiger partial charge < -0.3 is 10.5 Å². The van der Waals surface area contributed by atoms with Crippen molar-refractivity contribution >= 4 is 0 Å². The minimum Gasteiger partial charge on any atom is -0.373 e. The largest absolute Gasteiger partial charge is 0.373 e. The molecule has 1 aliphatic heterocycles. The van der Waals surface area contributed by atoms with Gasteiger partial charge in [-0.05, 0) is 13.8 Å². The maximum atomic E-state index is 6.19. The van der Waals surface area contributed by atoms with Gasteiger partial charge in [0.2, 0.25) is 0 Å². The molecule has 1 atom stereocenters. The molecule has 0 spiro atoms. The van der Waals surface area contributed by atoms with E-state index in [0.717, 1.165) is 31.8 Å². The zero-order valence-corrected chi connectivity index (χ0v) is 10.9. The number of morpholine rings is 1. The van der Waals surface area contributed by atoms with Gasteiger partial charge in [0.1, 0.15) is 0 Å². The minimum absolute atomic E-state index is 0.0256. The Hall–Kier alpha value is -0.910. The van der Waals surface area contributed by atoms with Crippen LogP contribution in [0.15, 0.2) is 12.4 Å². The van der Waals surface area contributed by atoms with Crippen molar-refractivity contribution in [1.82, 2.24) is 14.7 Å². The number of nitrogens with two attached hydrogens (primary N) is 1. The molecule has 2 heterocycles. The van der Waals surface area contributed by atoms with Crippen LogP contribution in [-0.4, -0.2) is 46.5 Å². The lowest BCUT2D eigenvalue weighted by molar-refractivity contribution is -0.0869. The van der Waals surface area contributed by atoms with E-state index >= 15 is 0 Å². The summed E-state index contributed by atoms with van der Waals surface area (Å²) >= 11 is 0. The van der Waals surface area contributed by atoms with Crippen molar-refractivity contribution in [2.45, 2.75) is 25.5 Å². The number of aryl methyl sites for hydroxylation is 1. The Morgan fingerprint density at radius 3 is 2.94 bits per heavy atom. The van der Waals surface area contributed by atoms with Crippen LogP contribution in [0.1, 0.15) is 25.5 Å². The van der Waals surface area contributed by atoms with Gasteiger partial charge in [0.15, 0.2) is 0 Å². The summed E-state index contributed by atoms with van der Waals surface area (Å²) in [4.78, 5) is 2.36. The number of rotatable bonds is 3. The molecule has 2 N–H and O–H groups in total. The third-order valence-corrected chi connectivity index (χ3v) is 3.11. The summed E-state index contributed by atoms with van der Waals surface area (Å²) in [5.74, 6) is 0. The molecule has 0 bridgehead atoms. The molecule has 5 heteroatoms. The highest BCUT2D eigenvalue weighted by Gasteiger charge is 2.28. The van der Waals surface area contributed by atoms with E-state index in [9.17, 15) is 0 Å². The van der Waals surface area contributed by atoms with Crippen LogP contribution in [0.3, 0.4) is 0 Å². The normalized spacial score (nSPS) is 22.6. The van der Waals surface area contributed by atoms with Crippen molar-refractivity contribution in [2.75, 3.05) is 26.2 Å². The summed E-state index contributed by atoms with van der Waals surface area (Å²) in [6.07, 6.45) is 3.83. The molecule has 1 aromatic rings. The summed E-state index contributed by atoms with van der Waals surface area (Å²) in [5, 5.41) is 4.15. The van der Waals surface area contributed by atoms with Crippen LogP contribution in [0.25, 0.3) is 0 Å². The predicted molar refractivity (Wildman–Crippen MR) is 66.6 cm³/mol. The van der Waals surface area contributed by atoms with Gasteiger partial charge in [-0.15, -0.1) is 0 Å². The molecule has 0 aliphatic carbocycles. The lowest BCUT2D eigenvalue weighted by Gasteiger charge is -2.39. The molecule has 1 aromatic heterocycles. The Morgan fingerprint density at radius 1 is 1.59 bits per heavy atom. The number of aromatic nitrogens is 2. The van der Waals surface area contributed by atoms with Gasteiger partial charge in [0.25, 0.3) is 0 Å². The molecule has 17 heavy (non-hydrogen) atoms. The molecular formula is C12H22N4O. The summed E-state index contributed by atoms with van der Waals surface area (Å²) in [5.41, 5.74) is 7.22. The molecule has 1 unspecified atom stereocenters. The Balaban J connectivity index is 1.92. The fraction of sp³-hybridized carbons (Fsp3) is 0.750. The smallest absolute Gasteiger partial charge is 0.0753 e. The molecule has 0 aromatic carbocycles. The van der Waals surface area contributed by atoms with E-state index in [1.54, 1.807) is 4.68 Å². The molecule has 1 fully saturated rings. The van der Waals surface area contributed by atoms with E-state index in [4.69, 9.17) is 10.5 Å². The zero-order chi connectivity index (χ0) is 12.5. The molecule has 96 valence electrons. The van der Waals surface area contributed by atoms with Crippen LogP contribution >= 0.6 is 0 Å². The summed E-state index contributed by atoms with van der Waals surface area (Å²) < 4.78 is 7.48.